The van der Waals surface area contributed by atoms with Gasteiger partial charge in [-0.05, 0) is 19.8 Å². The minimum Gasteiger partial charge on any atom is -0.662 e. The number of piperidine rings is 1. The molecule has 0 aromatic carbocycles. The van der Waals surface area contributed by atoms with Crippen LogP contribution in [0.3, 0.4) is 0 Å². The van der Waals surface area contributed by atoms with Crippen LogP contribution < -0.4 is 0 Å². The first-order chi connectivity index (χ1) is 4.61. The predicted molar refractivity (Wildman–Crippen MR) is 42.1 cm³/mol. The molecule has 0 unspecified atom stereocenters. The SMILES string of the molecule is CC(C)(O)C1CC[N-]CC1.[Y]. The molecular weight excluding hydrogens is 215 g/mol. The smallest absolute Gasteiger partial charge is 0.0618 e. The fraction of sp³-hybridized carbons (Fsp3) is 1.00. The summed E-state index contributed by atoms with van der Waals surface area (Å²) in [6.07, 6.45) is 2.12. The van der Waals surface area contributed by atoms with E-state index in [1.54, 1.807) is 0 Å². The van der Waals surface area contributed by atoms with Gasteiger partial charge in [0.2, 0.25) is 0 Å². The van der Waals surface area contributed by atoms with Gasteiger partial charge in [-0.3, -0.25) is 0 Å². The Balaban J connectivity index is 0.000001000. The van der Waals surface area contributed by atoms with Crippen molar-refractivity contribution in [1.29, 1.82) is 0 Å². The average molecular weight is 231 g/mol. The molecule has 0 spiro atoms. The summed E-state index contributed by atoms with van der Waals surface area (Å²) < 4.78 is 0. The van der Waals surface area contributed by atoms with Crippen molar-refractivity contribution in [3.8, 4) is 0 Å². The van der Waals surface area contributed by atoms with Crippen LogP contribution in [0.5, 0.6) is 0 Å². The van der Waals surface area contributed by atoms with Crippen molar-refractivity contribution in [2.45, 2.75) is 32.3 Å². The minimum atomic E-state index is -0.490. The number of rotatable bonds is 1. The van der Waals surface area contributed by atoms with E-state index >= 15 is 0 Å². The van der Waals surface area contributed by atoms with Crippen LogP contribution in [-0.4, -0.2) is 23.8 Å². The summed E-state index contributed by atoms with van der Waals surface area (Å²) in [5.74, 6) is 0.463. The summed E-state index contributed by atoms with van der Waals surface area (Å²) in [4.78, 5) is 0. The summed E-state index contributed by atoms with van der Waals surface area (Å²) in [5, 5.41) is 13.8. The molecule has 0 saturated carbocycles. The molecule has 1 saturated heterocycles. The molecule has 0 aromatic heterocycles. The molecule has 0 amide bonds. The minimum absolute atomic E-state index is 0. The number of aliphatic hydroxyl groups is 1. The Morgan fingerprint density at radius 3 is 2.00 bits per heavy atom. The molecule has 0 bridgehead atoms. The van der Waals surface area contributed by atoms with E-state index in [0.717, 1.165) is 25.9 Å². The van der Waals surface area contributed by atoms with Gasteiger partial charge in [0.05, 0.1) is 5.60 Å². The Bertz CT molecular complexity index is 105. The monoisotopic (exact) mass is 231 g/mol. The van der Waals surface area contributed by atoms with Crippen molar-refractivity contribution in [3.05, 3.63) is 5.32 Å². The van der Waals surface area contributed by atoms with Crippen molar-refractivity contribution >= 4 is 0 Å². The van der Waals surface area contributed by atoms with Crippen LogP contribution in [0.2, 0.25) is 0 Å². The Kier molecular flexibility index (Phi) is 5.36. The van der Waals surface area contributed by atoms with Gasteiger partial charge in [-0.15, -0.1) is 13.1 Å². The molecule has 1 aliphatic rings. The molecule has 1 rings (SSSR count). The van der Waals surface area contributed by atoms with E-state index in [9.17, 15) is 5.11 Å². The molecule has 3 heteroatoms. The molecule has 1 radical (unpaired) electrons. The fourth-order valence-electron chi connectivity index (χ4n) is 1.46. The van der Waals surface area contributed by atoms with Crippen LogP contribution in [0.1, 0.15) is 26.7 Å². The molecule has 0 aliphatic carbocycles. The maximum absolute atomic E-state index is 9.60. The summed E-state index contributed by atoms with van der Waals surface area (Å²) in [6, 6.07) is 0. The van der Waals surface area contributed by atoms with Crippen LogP contribution in [0.4, 0.5) is 0 Å². The number of hydrogen-bond acceptors (Lipinski definition) is 1. The van der Waals surface area contributed by atoms with Crippen LogP contribution in [0.15, 0.2) is 0 Å². The number of hydrogen-bond donors (Lipinski definition) is 1. The molecule has 1 aliphatic heterocycles. The zero-order chi connectivity index (χ0) is 7.61. The molecule has 1 fully saturated rings. The zero-order valence-electron chi connectivity index (χ0n) is 7.38. The Morgan fingerprint density at radius 1 is 1.27 bits per heavy atom. The van der Waals surface area contributed by atoms with E-state index in [2.05, 4.69) is 5.32 Å². The van der Waals surface area contributed by atoms with E-state index < -0.39 is 5.60 Å². The van der Waals surface area contributed by atoms with Crippen molar-refractivity contribution in [3.63, 3.8) is 0 Å². The van der Waals surface area contributed by atoms with Gasteiger partial charge < -0.3 is 10.4 Å². The second-order valence-electron chi connectivity index (χ2n) is 3.60. The van der Waals surface area contributed by atoms with Gasteiger partial charge in [0.25, 0.3) is 0 Å². The van der Waals surface area contributed by atoms with Gasteiger partial charge in [-0.2, -0.15) is 0 Å². The van der Waals surface area contributed by atoms with Crippen molar-refractivity contribution in [2.75, 3.05) is 13.1 Å². The van der Waals surface area contributed by atoms with E-state index in [-0.39, 0.29) is 32.7 Å². The Morgan fingerprint density at radius 2 is 1.73 bits per heavy atom. The first-order valence-corrected chi connectivity index (χ1v) is 3.96. The molecule has 1 heterocycles. The van der Waals surface area contributed by atoms with Crippen LogP contribution in [0, 0.1) is 5.92 Å². The predicted octanol–water partition coefficient (Wildman–Crippen LogP) is 1.54. The van der Waals surface area contributed by atoms with E-state index in [1.807, 2.05) is 13.8 Å². The van der Waals surface area contributed by atoms with Gasteiger partial charge in [-0.1, -0.05) is 12.8 Å². The molecule has 2 nitrogen and oxygen atoms in total. The van der Waals surface area contributed by atoms with E-state index in [4.69, 9.17) is 0 Å². The maximum Gasteiger partial charge on any atom is 0.0618 e. The first kappa shape index (κ1) is 12.0. The summed E-state index contributed by atoms with van der Waals surface area (Å²) in [6.45, 7) is 5.66. The molecule has 11 heavy (non-hydrogen) atoms. The second-order valence-corrected chi connectivity index (χ2v) is 3.60. The molecule has 1 N–H and O–H groups in total. The zero-order valence-corrected chi connectivity index (χ0v) is 10.2. The second kappa shape index (κ2) is 4.91. The van der Waals surface area contributed by atoms with E-state index in [0.29, 0.717) is 5.92 Å². The van der Waals surface area contributed by atoms with Crippen molar-refractivity contribution < 1.29 is 37.8 Å². The topological polar surface area (TPSA) is 34.3 Å². The van der Waals surface area contributed by atoms with Crippen molar-refractivity contribution in [2.24, 2.45) is 5.92 Å². The molecule has 63 valence electrons. The summed E-state index contributed by atoms with van der Waals surface area (Å²) >= 11 is 0. The van der Waals surface area contributed by atoms with Crippen LogP contribution in [-0.2, 0) is 32.7 Å². The normalized spacial score (nSPS) is 21.0. The van der Waals surface area contributed by atoms with Crippen molar-refractivity contribution in [1.82, 2.24) is 0 Å². The number of nitrogens with zero attached hydrogens (tertiary/aromatic N) is 1. The van der Waals surface area contributed by atoms with Gasteiger partial charge >= 0.3 is 0 Å². The quantitative estimate of drug-likeness (QED) is 0.729. The Hall–Kier alpha value is 1.02. The Labute approximate surface area is 94.0 Å². The third-order valence-corrected chi connectivity index (χ3v) is 2.27. The van der Waals surface area contributed by atoms with Crippen LogP contribution >= 0.6 is 0 Å². The maximum atomic E-state index is 9.60. The summed E-state index contributed by atoms with van der Waals surface area (Å²) in [5.41, 5.74) is -0.490. The largest absolute Gasteiger partial charge is 0.662 e. The molecule has 0 aromatic rings. The van der Waals surface area contributed by atoms with Gasteiger partial charge in [0, 0.05) is 32.7 Å². The molecular formula is C8H16NOY-. The van der Waals surface area contributed by atoms with Gasteiger partial charge in [0.1, 0.15) is 0 Å². The van der Waals surface area contributed by atoms with Crippen LogP contribution in [0.25, 0.3) is 5.32 Å². The first-order valence-electron chi connectivity index (χ1n) is 3.96. The molecule has 0 atom stereocenters. The average Bonchev–Trinajstić information content (AvgIpc) is 1.88. The summed E-state index contributed by atoms with van der Waals surface area (Å²) in [7, 11) is 0. The van der Waals surface area contributed by atoms with E-state index in [1.165, 1.54) is 0 Å². The third kappa shape index (κ3) is 3.98. The van der Waals surface area contributed by atoms with Gasteiger partial charge in [0.15, 0.2) is 0 Å². The van der Waals surface area contributed by atoms with Gasteiger partial charge in [-0.25, -0.2) is 0 Å². The third-order valence-electron chi connectivity index (χ3n) is 2.27. The fourth-order valence-corrected chi connectivity index (χ4v) is 1.46. The standard InChI is InChI=1S/C8H16NO.Y/c1-8(2,10)7-3-5-9-6-4-7;/h7,10H,3-6H2,1-2H3;/q-1;.